The van der Waals surface area contributed by atoms with Crippen molar-refractivity contribution in [3.63, 3.8) is 0 Å². The number of hydrogen-bond donors (Lipinski definition) is 0. The molecule has 2 heterocycles. The minimum Gasteiger partial charge on any atom is -0.325 e. The molecule has 0 fully saturated rings. The molecular formula is C13H11ClFIN4. The van der Waals surface area contributed by atoms with Gasteiger partial charge in [-0.1, -0.05) is 0 Å². The van der Waals surface area contributed by atoms with Crippen molar-refractivity contribution in [3.05, 3.63) is 45.8 Å². The van der Waals surface area contributed by atoms with E-state index in [1.165, 1.54) is 6.07 Å². The summed E-state index contributed by atoms with van der Waals surface area (Å²) in [6.45, 7) is 1.34. The Balaban J connectivity index is 2.01. The second-order valence-electron chi connectivity index (χ2n) is 4.34. The zero-order valence-electron chi connectivity index (χ0n) is 10.4. The van der Waals surface area contributed by atoms with Gasteiger partial charge < -0.3 is 4.57 Å². The van der Waals surface area contributed by atoms with Gasteiger partial charge in [0.15, 0.2) is 0 Å². The Labute approximate surface area is 133 Å². The largest absolute Gasteiger partial charge is 0.325 e. The first-order valence-corrected chi connectivity index (χ1v) is 7.68. The molecule has 0 N–H and O–H groups in total. The fourth-order valence-corrected chi connectivity index (χ4v) is 2.81. The van der Waals surface area contributed by atoms with E-state index in [0.29, 0.717) is 22.5 Å². The van der Waals surface area contributed by atoms with Crippen LogP contribution in [0.4, 0.5) is 4.39 Å². The third kappa shape index (κ3) is 2.54. The van der Waals surface area contributed by atoms with Gasteiger partial charge in [-0.2, -0.15) is 5.10 Å². The van der Waals surface area contributed by atoms with Crippen molar-refractivity contribution in [1.82, 2.24) is 19.3 Å². The Kier molecular flexibility index (Phi) is 3.93. The maximum Gasteiger partial charge on any atom is 0.138 e. The highest BCUT2D eigenvalue weighted by atomic mass is 127. The summed E-state index contributed by atoms with van der Waals surface area (Å²) in [5.41, 5.74) is 1.54. The summed E-state index contributed by atoms with van der Waals surface area (Å²) in [4.78, 5) is 4.46. The molecule has 0 aliphatic carbocycles. The first-order chi connectivity index (χ1) is 9.69. The summed E-state index contributed by atoms with van der Waals surface area (Å²) in [5, 5.41) is 4.16. The molecule has 4 nitrogen and oxygen atoms in total. The van der Waals surface area contributed by atoms with Crippen LogP contribution in [-0.4, -0.2) is 19.3 Å². The molecule has 0 aliphatic heterocycles. The molecule has 0 atom stereocenters. The van der Waals surface area contributed by atoms with E-state index in [4.69, 9.17) is 11.6 Å². The summed E-state index contributed by atoms with van der Waals surface area (Å²) in [7, 11) is 0. The van der Waals surface area contributed by atoms with E-state index in [9.17, 15) is 4.39 Å². The molecule has 3 rings (SSSR count). The van der Waals surface area contributed by atoms with Crippen molar-refractivity contribution in [3.8, 4) is 0 Å². The highest BCUT2D eigenvalue weighted by molar-refractivity contribution is 14.1. The minimum absolute atomic E-state index is 0.237. The number of fused-ring (bicyclic) bond motifs is 1. The van der Waals surface area contributed by atoms with Crippen molar-refractivity contribution >= 4 is 45.2 Å². The summed E-state index contributed by atoms with van der Waals surface area (Å²) < 4.78 is 18.1. The predicted octanol–water partition coefficient (Wildman–Crippen LogP) is 3.42. The van der Waals surface area contributed by atoms with Gasteiger partial charge in [-0.05, 0) is 34.7 Å². The molecule has 2 aromatic heterocycles. The van der Waals surface area contributed by atoms with Crippen molar-refractivity contribution in [2.45, 2.75) is 19.0 Å². The fraction of sp³-hybridized carbons (Fsp3) is 0.231. The van der Waals surface area contributed by atoms with Gasteiger partial charge in [0.25, 0.3) is 0 Å². The van der Waals surface area contributed by atoms with Gasteiger partial charge in [0.1, 0.15) is 11.6 Å². The number of alkyl halides is 1. The van der Waals surface area contributed by atoms with Gasteiger partial charge >= 0.3 is 0 Å². The van der Waals surface area contributed by atoms with Crippen LogP contribution in [0.1, 0.15) is 5.82 Å². The average molecular weight is 405 g/mol. The van der Waals surface area contributed by atoms with Crippen LogP contribution < -0.4 is 0 Å². The molecule has 0 bridgehead atoms. The van der Waals surface area contributed by atoms with Crippen molar-refractivity contribution in [2.75, 3.05) is 0 Å². The van der Waals surface area contributed by atoms with E-state index in [1.807, 2.05) is 44.1 Å². The smallest absolute Gasteiger partial charge is 0.138 e. The molecule has 0 radical (unpaired) electrons. The standard InChI is InChI=1S/C13H11ClFIN4/c14-8-13-18-11-7-10(16)9(15)6-12(11)20(13)5-4-19-3-1-2-17-19/h1-3,6-7H,4-5,8H2. The van der Waals surface area contributed by atoms with E-state index >= 15 is 0 Å². The number of aromatic nitrogens is 4. The number of nitrogens with zero attached hydrogens (tertiary/aromatic N) is 4. The van der Waals surface area contributed by atoms with Crippen LogP contribution in [-0.2, 0) is 19.0 Å². The van der Waals surface area contributed by atoms with Crippen LogP contribution in [0.2, 0.25) is 0 Å². The van der Waals surface area contributed by atoms with Crippen LogP contribution in [0.25, 0.3) is 11.0 Å². The van der Waals surface area contributed by atoms with Gasteiger partial charge in [0, 0.05) is 25.0 Å². The quantitative estimate of drug-likeness (QED) is 0.493. The van der Waals surface area contributed by atoms with Gasteiger partial charge in [-0.3, -0.25) is 4.68 Å². The summed E-state index contributed by atoms with van der Waals surface area (Å²) in [5.74, 6) is 0.807. The van der Waals surface area contributed by atoms with Gasteiger partial charge in [0.05, 0.1) is 27.0 Å². The topological polar surface area (TPSA) is 35.6 Å². The minimum atomic E-state index is -0.237. The summed E-state index contributed by atoms with van der Waals surface area (Å²) in [6, 6.07) is 5.13. The molecule has 0 aliphatic rings. The number of rotatable bonds is 4. The van der Waals surface area contributed by atoms with Crippen molar-refractivity contribution in [2.24, 2.45) is 0 Å². The average Bonchev–Trinajstić information content (AvgIpc) is 3.05. The van der Waals surface area contributed by atoms with Crippen LogP contribution >= 0.6 is 34.2 Å². The molecular weight excluding hydrogens is 394 g/mol. The lowest BCUT2D eigenvalue weighted by atomic mass is 10.3. The lowest BCUT2D eigenvalue weighted by Crippen LogP contribution is -2.10. The zero-order chi connectivity index (χ0) is 14.1. The highest BCUT2D eigenvalue weighted by Gasteiger charge is 2.12. The molecule has 0 amide bonds. The third-order valence-corrected chi connectivity index (χ3v) is 4.17. The van der Waals surface area contributed by atoms with E-state index < -0.39 is 0 Å². The summed E-state index contributed by atoms with van der Waals surface area (Å²) >= 11 is 7.91. The van der Waals surface area contributed by atoms with Crippen LogP contribution in [0.5, 0.6) is 0 Å². The maximum atomic E-state index is 13.8. The Morgan fingerprint density at radius 1 is 1.30 bits per heavy atom. The first kappa shape index (κ1) is 13.8. The first-order valence-electron chi connectivity index (χ1n) is 6.06. The van der Waals surface area contributed by atoms with E-state index in [0.717, 1.165) is 16.9 Å². The number of hydrogen-bond acceptors (Lipinski definition) is 2. The fourth-order valence-electron chi connectivity index (χ4n) is 2.16. The molecule has 1 aromatic carbocycles. The Morgan fingerprint density at radius 3 is 2.85 bits per heavy atom. The lowest BCUT2D eigenvalue weighted by molar-refractivity contribution is 0.532. The molecule has 3 aromatic rings. The lowest BCUT2D eigenvalue weighted by Gasteiger charge is -2.08. The Morgan fingerprint density at radius 2 is 2.15 bits per heavy atom. The predicted molar refractivity (Wildman–Crippen MR) is 84.2 cm³/mol. The monoisotopic (exact) mass is 404 g/mol. The summed E-state index contributed by atoms with van der Waals surface area (Å²) in [6.07, 6.45) is 3.62. The molecule has 104 valence electrons. The second-order valence-corrected chi connectivity index (χ2v) is 5.77. The van der Waals surface area contributed by atoms with Gasteiger partial charge in [0.2, 0.25) is 0 Å². The van der Waals surface area contributed by atoms with E-state index in [2.05, 4.69) is 10.1 Å². The van der Waals surface area contributed by atoms with Crippen molar-refractivity contribution < 1.29 is 4.39 Å². The SMILES string of the molecule is Fc1cc2c(cc1I)nc(CCl)n2CCn1cccn1. The van der Waals surface area contributed by atoms with E-state index in [1.54, 1.807) is 12.3 Å². The molecule has 20 heavy (non-hydrogen) atoms. The van der Waals surface area contributed by atoms with Crippen LogP contribution in [0, 0.1) is 9.39 Å². The zero-order valence-corrected chi connectivity index (χ0v) is 13.3. The Bertz CT molecular complexity index is 738. The Hall–Kier alpha value is -1.15. The van der Waals surface area contributed by atoms with Crippen LogP contribution in [0.3, 0.4) is 0 Å². The highest BCUT2D eigenvalue weighted by Crippen LogP contribution is 2.22. The maximum absolute atomic E-state index is 13.8. The number of benzene rings is 1. The van der Waals surface area contributed by atoms with Crippen LogP contribution in [0.15, 0.2) is 30.6 Å². The van der Waals surface area contributed by atoms with E-state index in [-0.39, 0.29) is 5.82 Å². The molecule has 7 heteroatoms. The van der Waals surface area contributed by atoms with Gasteiger partial charge in [-0.15, -0.1) is 11.6 Å². The number of imidazole rings is 1. The third-order valence-electron chi connectivity index (χ3n) is 3.10. The second kappa shape index (κ2) is 5.69. The number of halogens is 3. The normalized spacial score (nSPS) is 11.3. The van der Waals surface area contributed by atoms with Crippen molar-refractivity contribution in [1.29, 1.82) is 0 Å². The van der Waals surface area contributed by atoms with Gasteiger partial charge in [-0.25, -0.2) is 9.37 Å². The molecule has 0 saturated carbocycles. The molecule has 0 saturated heterocycles. The number of aryl methyl sites for hydroxylation is 2. The molecule has 0 unspecified atom stereocenters. The molecule has 0 spiro atoms.